The van der Waals surface area contributed by atoms with Crippen molar-refractivity contribution in [2.75, 3.05) is 0 Å². The van der Waals surface area contributed by atoms with Crippen molar-refractivity contribution < 1.29 is 22.7 Å². The number of hydrogen-bond acceptors (Lipinski definition) is 4. The SMILES string of the molecule is CCCC(=O)c1cc(Cl)ccc1OC(C)(C)c1nnc(-c2ccccc2C(F)(F)F)n1C. The van der Waals surface area contributed by atoms with Crippen LogP contribution in [0.15, 0.2) is 42.5 Å². The average molecular weight is 466 g/mol. The van der Waals surface area contributed by atoms with Crippen molar-refractivity contribution in [2.45, 2.75) is 45.4 Å². The molecule has 0 saturated carbocycles. The molecule has 0 spiro atoms. The molecule has 0 atom stereocenters. The van der Waals surface area contributed by atoms with Crippen LogP contribution in [-0.4, -0.2) is 20.5 Å². The Kier molecular flexibility index (Phi) is 6.64. The van der Waals surface area contributed by atoms with Crippen molar-refractivity contribution in [3.8, 4) is 17.1 Å². The Morgan fingerprint density at radius 2 is 1.81 bits per heavy atom. The lowest BCUT2D eigenvalue weighted by atomic mass is 10.0. The summed E-state index contributed by atoms with van der Waals surface area (Å²) in [4.78, 5) is 12.5. The van der Waals surface area contributed by atoms with Gasteiger partial charge in [-0.1, -0.05) is 36.7 Å². The van der Waals surface area contributed by atoms with Crippen LogP contribution in [0.3, 0.4) is 0 Å². The van der Waals surface area contributed by atoms with Crippen LogP contribution in [0.1, 0.15) is 55.4 Å². The van der Waals surface area contributed by atoms with Crippen LogP contribution in [0.25, 0.3) is 11.4 Å². The minimum atomic E-state index is -4.54. The predicted octanol–water partition coefficient (Wildman–Crippen LogP) is 6.45. The molecule has 0 N–H and O–H groups in total. The summed E-state index contributed by atoms with van der Waals surface area (Å²) in [6.07, 6.45) is -3.54. The zero-order chi connectivity index (χ0) is 23.7. The molecule has 9 heteroatoms. The summed E-state index contributed by atoms with van der Waals surface area (Å²) in [6.45, 7) is 5.31. The summed E-state index contributed by atoms with van der Waals surface area (Å²) >= 11 is 6.07. The van der Waals surface area contributed by atoms with Gasteiger partial charge in [0, 0.05) is 24.1 Å². The first-order valence-corrected chi connectivity index (χ1v) is 10.4. The minimum absolute atomic E-state index is 0.0583. The first-order valence-electron chi connectivity index (χ1n) is 10.0. The lowest BCUT2D eigenvalue weighted by molar-refractivity contribution is -0.137. The molecule has 1 heterocycles. The molecule has 0 aliphatic rings. The standard InChI is InChI=1S/C23H23ClF3N3O2/c1-5-8-18(31)16-13-14(24)11-12-19(16)32-22(2,3)21-29-28-20(30(21)4)15-9-6-7-10-17(15)23(25,26)27/h6-7,9-13H,5,8H2,1-4H3. The zero-order valence-electron chi connectivity index (χ0n) is 18.1. The van der Waals surface area contributed by atoms with Crippen LogP contribution in [0, 0.1) is 0 Å². The predicted molar refractivity (Wildman–Crippen MR) is 116 cm³/mol. The second-order valence-corrected chi connectivity index (χ2v) is 8.31. The molecule has 3 aromatic rings. The maximum atomic E-state index is 13.5. The number of hydrogen-bond donors (Lipinski definition) is 0. The van der Waals surface area contributed by atoms with E-state index in [1.807, 2.05) is 6.92 Å². The van der Waals surface area contributed by atoms with Gasteiger partial charge in [-0.2, -0.15) is 13.2 Å². The third-order valence-corrected chi connectivity index (χ3v) is 5.21. The summed E-state index contributed by atoms with van der Waals surface area (Å²) in [5.41, 5.74) is -1.65. The van der Waals surface area contributed by atoms with E-state index in [-0.39, 0.29) is 17.2 Å². The molecular weight excluding hydrogens is 443 g/mol. The van der Waals surface area contributed by atoms with Gasteiger partial charge >= 0.3 is 6.18 Å². The van der Waals surface area contributed by atoms with Gasteiger partial charge in [-0.3, -0.25) is 4.79 Å². The number of aromatic nitrogens is 3. The van der Waals surface area contributed by atoms with Crippen LogP contribution >= 0.6 is 11.6 Å². The van der Waals surface area contributed by atoms with Gasteiger partial charge < -0.3 is 9.30 Å². The van der Waals surface area contributed by atoms with Crippen molar-refractivity contribution in [1.29, 1.82) is 0 Å². The molecule has 5 nitrogen and oxygen atoms in total. The summed E-state index contributed by atoms with van der Waals surface area (Å²) in [5.74, 6) is 0.563. The van der Waals surface area contributed by atoms with Crippen molar-refractivity contribution in [1.82, 2.24) is 14.8 Å². The molecule has 1 aromatic heterocycles. The Hall–Kier alpha value is -2.87. The van der Waals surface area contributed by atoms with E-state index < -0.39 is 17.3 Å². The summed E-state index contributed by atoms with van der Waals surface area (Å²) in [5, 5.41) is 8.54. The van der Waals surface area contributed by atoms with Crippen LogP contribution in [0.2, 0.25) is 5.02 Å². The number of carbonyl (C=O) groups excluding carboxylic acids is 1. The largest absolute Gasteiger partial charge is 0.479 e. The maximum absolute atomic E-state index is 13.5. The Balaban J connectivity index is 2.01. The molecule has 0 amide bonds. The molecule has 0 saturated heterocycles. The number of Topliss-reactive ketones (excluding diaryl/α,β-unsaturated/α-hetero) is 1. The number of rotatable bonds is 7. The fourth-order valence-corrected chi connectivity index (χ4v) is 3.68. The number of ketones is 1. The molecule has 0 aliphatic carbocycles. The maximum Gasteiger partial charge on any atom is 0.417 e. The minimum Gasteiger partial charge on any atom is -0.479 e. The van der Waals surface area contributed by atoms with Gasteiger partial charge in [0.15, 0.2) is 23.0 Å². The third-order valence-electron chi connectivity index (χ3n) is 4.97. The van der Waals surface area contributed by atoms with Gasteiger partial charge in [0.1, 0.15) is 5.75 Å². The fourth-order valence-electron chi connectivity index (χ4n) is 3.50. The van der Waals surface area contributed by atoms with Crippen LogP contribution in [-0.2, 0) is 18.8 Å². The highest BCUT2D eigenvalue weighted by Gasteiger charge is 2.36. The molecule has 3 rings (SSSR count). The topological polar surface area (TPSA) is 57.0 Å². The van der Waals surface area contributed by atoms with E-state index in [1.54, 1.807) is 39.1 Å². The highest BCUT2D eigenvalue weighted by molar-refractivity contribution is 6.31. The van der Waals surface area contributed by atoms with E-state index >= 15 is 0 Å². The van der Waals surface area contributed by atoms with Crippen LogP contribution in [0.5, 0.6) is 5.75 Å². The normalized spacial score (nSPS) is 12.1. The van der Waals surface area contributed by atoms with Crippen LogP contribution < -0.4 is 4.74 Å². The molecule has 170 valence electrons. The fraction of sp³-hybridized carbons (Fsp3) is 0.348. The van der Waals surface area contributed by atoms with Crippen molar-refractivity contribution >= 4 is 17.4 Å². The van der Waals surface area contributed by atoms with Gasteiger partial charge in [-0.25, -0.2) is 0 Å². The van der Waals surface area contributed by atoms with Gasteiger partial charge in [-0.15, -0.1) is 10.2 Å². The Morgan fingerprint density at radius 1 is 1.12 bits per heavy atom. The molecule has 0 bridgehead atoms. The number of halogens is 4. The van der Waals surface area contributed by atoms with E-state index in [9.17, 15) is 18.0 Å². The third kappa shape index (κ3) is 4.80. The van der Waals surface area contributed by atoms with Crippen molar-refractivity contribution in [3.63, 3.8) is 0 Å². The molecule has 0 radical (unpaired) electrons. The molecular formula is C23H23ClF3N3O2. The summed E-state index contributed by atoms with van der Waals surface area (Å²) in [6, 6.07) is 9.95. The smallest absolute Gasteiger partial charge is 0.417 e. The number of benzene rings is 2. The van der Waals surface area contributed by atoms with Gasteiger partial charge in [0.2, 0.25) is 0 Å². The lowest BCUT2D eigenvalue weighted by Crippen LogP contribution is -2.30. The monoisotopic (exact) mass is 465 g/mol. The van der Waals surface area contributed by atoms with Crippen molar-refractivity contribution in [2.24, 2.45) is 7.05 Å². The highest BCUT2D eigenvalue weighted by atomic mass is 35.5. The van der Waals surface area contributed by atoms with Gasteiger partial charge in [0.25, 0.3) is 0 Å². The number of carbonyl (C=O) groups is 1. The molecule has 32 heavy (non-hydrogen) atoms. The Morgan fingerprint density at radius 3 is 2.47 bits per heavy atom. The van der Waals surface area contributed by atoms with Gasteiger partial charge in [-0.05, 0) is 44.5 Å². The van der Waals surface area contributed by atoms with E-state index in [1.165, 1.54) is 22.8 Å². The lowest BCUT2D eigenvalue weighted by Gasteiger charge is -2.27. The van der Waals surface area contributed by atoms with E-state index in [0.717, 1.165) is 6.07 Å². The van der Waals surface area contributed by atoms with E-state index in [0.29, 0.717) is 35.0 Å². The molecule has 0 fully saturated rings. The Bertz CT molecular complexity index is 1140. The molecule has 0 aliphatic heterocycles. The number of alkyl halides is 3. The van der Waals surface area contributed by atoms with Crippen molar-refractivity contribution in [3.05, 3.63) is 64.4 Å². The van der Waals surface area contributed by atoms with E-state index in [2.05, 4.69) is 10.2 Å². The second-order valence-electron chi connectivity index (χ2n) is 7.88. The summed E-state index contributed by atoms with van der Waals surface area (Å²) in [7, 11) is 1.58. The first-order chi connectivity index (χ1) is 15.0. The molecule has 0 unspecified atom stereocenters. The zero-order valence-corrected chi connectivity index (χ0v) is 18.9. The highest BCUT2D eigenvalue weighted by Crippen LogP contribution is 2.38. The Labute approximate surface area is 189 Å². The average Bonchev–Trinajstić information content (AvgIpc) is 3.11. The number of ether oxygens (including phenoxy) is 1. The van der Waals surface area contributed by atoms with Crippen LogP contribution in [0.4, 0.5) is 13.2 Å². The second kappa shape index (κ2) is 8.94. The van der Waals surface area contributed by atoms with E-state index in [4.69, 9.17) is 16.3 Å². The number of nitrogens with zero attached hydrogens (tertiary/aromatic N) is 3. The summed E-state index contributed by atoms with van der Waals surface area (Å²) < 4.78 is 48.1. The van der Waals surface area contributed by atoms with Gasteiger partial charge in [0.05, 0.1) is 11.1 Å². The molecule has 2 aromatic carbocycles. The quantitative estimate of drug-likeness (QED) is 0.376. The first kappa shape index (κ1) is 23.8.